The Bertz CT molecular complexity index is 844. The van der Waals surface area contributed by atoms with Crippen LogP contribution in [-0.2, 0) is 11.2 Å². The average Bonchev–Trinajstić information content (AvgIpc) is 2.61. The molecule has 0 radical (unpaired) electrons. The summed E-state index contributed by atoms with van der Waals surface area (Å²) in [6.45, 7) is 1.53. The molecule has 3 rings (SSSR count). The predicted molar refractivity (Wildman–Crippen MR) is 95.0 cm³/mol. The zero-order valence-electron chi connectivity index (χ0n) is 13.8. The summed E-state index contributed by atoms with van der Waals surface area (Å²) in [4.78, 5) is 16.3. The summed E-state index contributed by atoms with van der Waals surface area (Å²) in [7, 11) is 1.64. The molecule has 0 bridgehead atoms. The molecule has 0 aliphatic carbocycles. The summed E-state index contributed by atoms with van der Waals surface area (Å²) in [5, 5.41) is 4.12. The number of hydrogen-bond acceptors (Lipinski definition) is 3. The summed E-state index contributed by atoms with van der Waals surface area (Å²) in [5.41, 5.74) is 2.94. The van der Waals surface area contributed by atoms with Gasteiger partial charge in [0.25, 0.3) is 0 Å². The van der Waals surface area contributed by atoms with Crippen LogP contribution in [0, 0.1) is 0 Å². The minimum absolute atomic E-state index is 0.0587. The third kappa shape index (κ3) is 3.71. The highest BCUT2D eigenvalue weighted by Gasteiger charge is 2.15. The number of rotatable bonds is 5. The van der Waals surface area contributed by atoms with Crippen LogP contribution < -0.4 is 10.1 Å². The second kappa shape index (κ2) is 7.13. The van der Waals surface area contributed by atoms with Crippen LogP contribution in [0.3, 0.4) is 0 Å². The number of fused-ring (bicyclic) bond motifs is 1. The third-order valence-electron chi connectivity index (χ3n) is 3.97. The fourth-order valence-electron chi connectivity index (χ4n) is 2.76. The zero-order chi connectivity index (χ0) is 16.9. The second-order valence-corrected chi connectivity index (χ2v) is 5.73. The topological polar surface area (TPSA) is 51.2 Å². The van der Waals surface area contributed by atoms with Crippen LogP contribution in [0.1, 0.15) is 24.2 Å². The van der Waals surface area contributed by atoms with E-state index in [4.69, 9.17) is 9.72 Å². The number of methoxy groups -OCH3 is 1. The van der Waals surface area contributed by atoms with Gasteiger partial charge in [0.2, 0.25) is 5.91 Å². The van der Waals surface area contributed by atoms with E-state index in [1.807, 2.05) is 54.6 Å². The molecule has 3 aromatic rings. The van der Waals surface area contributed by atoms with Crippen molar-refractivity contribution < 1.29 is 9.53 Å². The van der Waals surface area contributed by atoms with Crippen LogP contribution in [0.15, 0.2) is 60.7 Å². The number of nitrogens with one attached hydrogen (secondary N) is 1. The molecule has 0 spiro atoms. The Hall–Kier alpha value is -2.88. The Morgan fingerprint density at radius 1 is 1.08 bits per heavy atom. The number of amides is 1. The monoisotopic (exact) mass is 320 g/mol. The lowest BCUT2D eigenvalue weighted by molar-refractivity contribution is -0.119. The van der Waals surface area contributed by atoms with Crippen molar-refractivity contribution in [3.63, 3.8) is 0 Å². The van der Waals surface area contributed by atoms with Crippen LogP contribution in [0.4, 0.5) is 0 Å². The number of carbonyl (C=O) groups excluding carboxylic acids is 1. The maximum atomic E-state index is 11.6. The van der Waals surface area contributed by atoms with Gasteiger partial charge in [-0.3, -0.25) is 9.78 Å². The van der Waals surface area contributed by atoms with Crippen LogP contribution in [0.5, 0.6) is 5.75 Å². The molecule has 2 aromatic carbocycles. The van der Waals surface area contributed by atoms with Crippen molar-refractivity contribution in [2.75, 3.05) is 7.11 Å². The van der Waals surface area contributed by atoms with Gasteiger partial charge in [-0.05, 0) is 29.8 Å². The third-order valence-corrected chi connectivity index (χ3v) is 3.97. The van der Waals surface area contributed by atoms with E-state index in [9.17, 15) is 4.79 Å². The molecule has 1 heterocycles. The molecule has 0 fully saturated rings. The van der Waals surface area contributed by atoms with Crippen LogP contribution in [-0.4, -0.2) is 18.0 Å². The van der Waals surface area contributed by atoms with E-state index < -0.39 is 0 Å². The molecule has 0 saturated heterocycles. The summed E-state index contributed by atoms with van der Waals surface area (Å²) in [5.74, 6) is 0.737. The Morgan fingerprint density at radius 2 is 1.83 bits per heavy atom. The van der Waals surface area contributed by atoms with Gasteiger partial charge in [0.05, 0.1) is 18.7 Å². The maximum Gasteiger partial charge on any atom is 0.217 e. The van der Waals surface area contributed by atoms with E-state index in [0.29, 0.717) is 6.42 Å². The van der Waals surface area contributed by atoms with Gasteiger partial charge in [0.1, 0.15) is 5.75 Å². The normalized spacial score (nSPS) is 11.9. The number of hydrogen-bond donors (Lipinski definition) is 1. The number of benzene rings is 2. The number of ether oxygens (including phenoxy) is 1. The number of aromatic nitrogens is 1. The molecule has 4 heteroatoms. The maximum absolute atomic E-state index is 11.6. The summed E-state index contributed by atoms with van der Waals surface area (Å²) < 4.78 is 5.20. The van der Waals surface area contributed by atoms with Gasteiger partial charge < -0.3 is 10.1 Å². The van der Waals surface area contributed by atoms with E-state index in [0.717, 1.165) is 27.9 Å². The smallest absolute Gasteiger partial charge is 0.217 e. The first kappa shape index (κ1) is 16.0. The van der Waals surface area contributed by atoms with Crippen LogP contribution >= 0.6 is 0 Å². The number of carbonyl (C=O) groups is 1. The lowest BCUT2D eigenvalue weighted by Gasteiger charge is -2.18. The molecule has 24 heavy (non-hydrogen) atoms. The Labute approximate surface area is 141 Å². The lowest BCUT2D eigenvalue weighted by atomic mass is 10.0. The van der Waals surface area contributed by atoms with Crippen molar-refractivity contribution in [2.45, 2.75) is 19.4 Å². The average molecular weight is 320 g/mol. The van der Waals surface area contributed by atoms with Gasteiger partial charge >= 0.3 is 0 Å². The highest BCUT2D eigenvalue weighted by atomic mass is 16.5. The largest absolute Gasteiger partial charge is 0.497 e. The second-order valence-electron chi connectivity index (χ2n) is 5.73. The number of pyridine rings is 1. The van der Waals surface area contributed by atoms with E-state index in [-0.39, 0.29) is 11.9 Å². The predicted octanol–water partition coefficient (Wildman–Crippen LogP) is 3.66. The molecule has 4 nitrogen and oxygen atoms in total. The number of para-hydroxylation sites is 1. The SMILES string of the molecule is COc1ccc(C(Cc2ccc3ccccc3n2)NC(C)=O)cc1. The van der Waals surface area contributed by atoms with Crippen molar-refractivity contribution in [3.8, 4) is 5.75 Å². The molecule has 1 amide bonds. The summed E-state index contributed by atoms with van der Waals surface area (Å²) in [6, 6.07) is 19.7. The lowest BCUT2D eigenvalue weighted by Crippen LogP contribution is -2.27. The first-order valence-electron chi connectivity index (χ1n) is 7.91. The molecule has 0 aliphatic rings. The van der Waals surface area contributed by atoms with Gasteiger partial charge in [0, 0.05) is 24.4 Å². The van der Waals surface area contributed by atoms with Gasteiger partial charge in [-0.25, -0.2) is 0 Å². The molecule has 1 N–H and O–H groups in total. The minimum Gasteiger partial charge on any atom is -0.497 e. The summed E-state index contributed by atoms with van der Waals surface area (Å²) >= 11 is 0. The van der Waals surface area contributed by atoms with Crippen molar-refractivity contribution in [2.24, 2.45) is 0 Å². The molecule has 1 atom stereocenters. The van der Waals surface area contributed by atoms with Crippen molar-refractivity contribution >= 4 is 16.8 Å². The van der Waals surface area contributed by atoms with Gasteiger partial charge in [-0.2, -0.15) is 0 Å². The Morgan fingerprint density at radius 3 is 2.54 bits per heavy atom. The zero-order valence-corrected chi connectivity index (χ0v) is 13.8. The molecule has 0 saturated carbocycles. The van der Waals surface area contributed by atoms with E-state index >= 15 is 0 Å². The summed E-state index contributed by atoms with van der Waals surface area (Å²) in [6.07, 6.45) is 0.636. The van der Waals surface area contributed by atoms with E-state index in [1.54, 1.807) is 7.11 Å². The molecule has 122 valence electrons. The van der Waals surface area contributed by atoms with Gasteiger partial charge in [-0.1, -0.05) is 36.4 Å². The Kier molecular flexibility index (Phi) is 4.75. The number of nitrogens with zero attached hydrogens (tertiary/aromatic N) is 1. The van der Waals surface area contributed by atoms with Crippen molar-refractivity contribution in [3.05, 3.63) is 71.9 Å². The van der Waals surface area contributed by atoms with E-state index in [2.05, 4.69) is 11.4 Å². The first-order valence-corrected chi connectivity index (χ1v) is 7.91. The van der Waals surface area contributed by atoms with Gasteiger partial charge in [-0.15, -0.1) is 0 Å². The first-order chi connectivity index (χ1) is 11.7. The van der Waals surface area contributed by atoms with Crippen LogP contribution in [0.2, 0.25) is 0 Å². The fourth-order valence-corrected chi connectivity index (χ4v) is 2.76. The quantitative estimate of drug-likeness (QED) is 0.780. The molecular weight excluding hydrogens is 300 g/mol. The standard InChI is InChI=1S/C20H20N2O2/c1-14(23)21-20(16-8-11-18(24-2)12-9-16)13-17-10-7-15-5-3-4-6-19(15)22-17/h3-12,20H,13H2,1-2H3,(H,21,23). The van der Waals surface area contributed by atoms with Gasteiger partial charge in [0.15, 0.2) is 0 Å². The highest BCUT2D eigenvalue weighted by molar-refractivity contribution is 5.78. The molecule has 1 unspecified atom stereocenters. The minimum atomic E-state index is -0.123. The molecule has 1 aromatic heterocycles. The van der Waals surface area contributed by atoms with Crippen molar-refractivity contribution in [1.29, 1.82) is 0 Å². The van der Waals surface area contributed by atoms with Crippen molar-refractivity contribution in [1.82, 2.24) is 10.3 Å². The highest BCUT2D eigenvalue weighted by Crippen LogP contribution is 2.22. The fraction of sp³-hybridized carbons (Fsp3) is 0.200. The molecular formula is C20H20N2O2. The molecule has 0 aliphatic heterocycles. The van der Waals surface area contributed by atoms with Crippen LogP contribution in [0.25, 0.3) is 10.9 Å². The Balaban J connectivity index is 1.88. The van der Waals surface area contributed by atoms with E-state index in [1.165, 1.54) is 6.92 Å².